The fourth-order valence-corrected chi connectivity index (χ4v) is 1.94. The van der Waals surface area contributed by atoms with Crippen molar-refractivity contribution in [3.8, 4) is 0 Å². The van der Waals surface area contributed by atoms with Crippen molar-refractivity contribution in [3.05, 3.63) is 41.6 Å². The molecule has 2 rings (SSSR count). The average molecular weight is 242 g/mol. The van der Waals surface area contributed by atoms with Gasteiger partial charge < -0.3 is 0 Å². The summed E-state index contributed by atoms with van der Waals surface area (Å²) in [5.41, 5.74) is 6.61. The van der Waals surface area contributed by atoms with E-state index in [2.05, 4.69) is 4.99 Å². The third-order valence-electron chi connectivity index (χ3n) is 2.01. The minimum Gasteiger partial charge on any atom is -0.281 e. The van der Waals surface area contributed by atoms with Gasteiger partial charge in [0.25, 0.3) is 5.25 Å². The van der Waals surface area contributed by atoms with Crippen LogP contribution in [-0.4, -0.2) is 11.5 Å². The van der Waals surface area contributed by atoms with Gasteiger partial charge in [0.05, 0.1) is 0 Å². The summed E-state index contributed by atoms with van der Waals surface area (Å²) in [6, 6.07) is 9.39. The van der Waals surface area contributed by atoms with Crippen molar-refractivity contribution in [1.29, 1.82) is 0 Å². The molecule has 1 aliphatic rings. The molecule has 1 heterocycles. The van der Waals surface area contributed by atoms with Crippen LogP contribution in [-0.2, 0) is 0 Å². The van der Waals surface area contributed by atoms with Crippen LogP contribution in [0.1, 0.15) is 0 Å². The quantitative estimate of drug-likeness (QED) is 0.607. The normalized spacial score (nSPS) is 25.3. The summed E-state index contributed by atoms with van der Waals surface area (Å²) >= 11 is 12.1. The molecule has 0 fully saturated rings. The van der Waals surface area contributed by atoms with Crippen LogP contribution in [0.3, 0.4) is 0 Å². The van der Waals surface area contributed by atoms with Gasteiger partial charge in [-0.25, -0.2) is 4.99 Å². The minimum absolute atomic E-state index is 0.439. The lowest BCUT2D eigenvalue weighted by Gasteiger charge is -2.35. The van der Waals surface area contributed by atoms with Crippen LogP contribution in [0.4, 0.5) is 5.69 Å². The molecule has 0 saturated carbocycles. The van der Waals surface area contributed by atoms with Crippen LogP contribution in [0.15, 0.2) is 46.6 Å². The van der Waals surface area contributed by atoms with Crippen molar-refractivity contribution in [1.82, 2.24) is 0 Å². The first-order valence-corrected chi connectivity index (χ1v) is 5.11. The third-order valence-corrected chi connectivity index (χ3v) is 2.57. The summed E-state index contributed by atoms with van der Waals surface area (Å²) in [6.07, 6.45) is 3.14. The van der Waals surface area contributed by atoms with Crippen molar-refractivity contribution in [2.45, 2.75) is 5.25 Å². The number of hydrogen-bond acceptors (Lipinski definition) is 3. The molecule has 0 amide bonds. The van der Waals surface area contributed by atoms with Crippen molar-refractivity contribution >= 4 is 35.1 Å². The molecule has 1 atom stereocenters. The Morgan fingerprint density at radius 2 is 1.93 bits per heavy atom. The average Bonchev–Trinajstić information content (AvgIpc) is 2.17. The van der Waals surface area contributed by atoms with Crippen LogP contribution in [0.2, 0.25) is 0 Å². The standard InChI is InChI=1S/C10H9Cl2N3/c11-9-6-7-14-10(12,13)15(9)8-4-2-1-3-5-8/h1-7H,13H2. The molecule has 78 valence electrons. The summed E-state index contributed by atoms with van der Waals surface area (Å²) in [7, 11) is 0. The maximum atomic E-state index is 6.05. The Labute approximate surface area is 97.8 Å². The second-order valence-electron chi connectivity index (χ2n) is 3.07. The molecule has 0 bridgehead atoms. The zero-order valence-corrected chi connectivity index (χ0v) is 9.28. The molecule has 1 aromatic carbocycles. The van der Waals surface area contributed by atoms with Crippen LogP contribution in [0.5, 0.6) is 0 Å². The fourth-order valence-electron chi connectivity index (χ4n) is 1.37. The number of alkyl halides is 1. The highest BCUT2D eigenvalue weighted by Crippen LogP contribution is 2.32. The molecule has 1 unspecified atom stereocenters. The third kappa shape index (κ3) is 2.00. The van der Waals surface area contributed by atoms with E-state index in [1.807, 2.05) is 30.3 Å². The van der Waals surface area contributed by atoms with Gasteiger partial charge in [-0.15, -0.1) is 0 Å². The van der Waals surface area contributed by atoms with Crippen molar-refractivity contribution in [3.63, 3.8) is 0 Å². The number of benzene rings is 1. The minimum atomic E-state index is -1.35. The number of nitrogens with zero attached hydrogens (tertiary/aromatic N) is 2. The van der Waals surface area contributed by atoms with E-state index < -0.39 is 5.25 Å². The number of halogens is 2. The van der Waals surface area contributed by atoms with E-state index in [9.17, 15) is 0 Å². The lowest BCUT2D eigenvalue weighted by Crippen LogP contribution is -2.50. The van der Waals surface area contributed by atoms with E-state index in [4.69, 9.17) is 28.9 Å². The molecule has 2 N–H and O–H groups in total. The lowest BCUT2D eigenvalue weighted by atomic mass is 10.3. The molecule has 3 nitrogen and oxygen atoms in total. The highest BCUT2D eigenvalue weighted by atomic mass is 35.5. The van der Waals surface area contributed by atoms with Crippen LogP contribution in [0, 0.1) is 0 Å². The number of hydrogen-bond donors (Lipinski definition) is 1. The highest BCUT2D eigenvalue weighted by molar-refractivity contribution is 6.35. The molecule has 0 aliphatic carbocycles. The Morgan fingerprint density at radius 3 is 2.53 bits per heavy atom. The van der Waals surface area contributed by atoms with Gasteiger partial charge in [0.1, 0.15) is 5.16 Å². The molecule has 0 radical (unpaired) electrons. The van der Waals surface area contributed by atoms with Crippen LogP contribution < -0.4 is 10.6 Å². The maximum absolute atomic E-state index is 6.05. The SMILES string of the molecule is NC1(Cl)N=CC=C(Cl)N1c1ccccc1. The topological polar surface area (TPSA) is 41.6 Å². The second-order valence-corrected chi connectivity index (χ2v) is 4.02. The van der Waals surface area contributed by atoms with Crippen LogP contribution in [0.25, 0.3) is 0 Å². The van der Waals surface area contributed by atoms with Gasteiger partial charge in [-0.05, 0) is 18.2 Å². The van der Waals surface area contributed by atoms with Gasteiger partial charge in [0.2, 0.25) is 0 Å². The Hall–Kier alpha value is -1.03. The number of rotatable bonds is 1. The molecule has 0 aromatic heterocycles. The molecule has 1 aliphatic heterocycles. The molecule has 0 saturated heterocycles. The van der Waals surface area contributed by atoms with Crippen molar-refractivity contribution in [2.24, 2.45) is 10.7 Å². The number of nitrogens with two attached hydrogens (primary N) is 1. The van der Waals surface area contributed by atoms with E-state index in [0.29, 0.717) is 5.16 Å². The monoisotopic (exact) mass is 241 g/mol. The van der Waals surface area contributed by atoms with E-state index >= 15 is 0 Å². The van der Waals surface area contributed by atoms with E-state index in [1.165, 1.54) is 6.21 Å². The van der Waals surface area contributed by atoms with Gasteiger partial charge in [0, 0.05) is 11.9 Å². The largest absolute Gasteiger partial charge is 0.281 e. The highest BCUT2D eigenvalue weighted by Gasteiger charge is 2.33. The summed E-state index contributed by atoms with van der Waals surface area (Å²) in [6.45, 7) is 0. The van der Waals surface area contributed by atoms with E-state index in [-0.39, 0.29) is 0 Å². The first kappa shape index (κ1) is 10.5. The van der Waals surface area contributed by atoms with Gasteiger partial charge in [-0.1, -0.05) is 41.4 Å². The lowest BCUT2D eigenvalue weighted by molar-refractivity contribution is 0.628. The molecule has 15 heavy (non-hydrogen) atoms. The van der Waals surface area contributed by atoms with E-state index in [1.54, 1.807) is 11.0 Å². The Morgan fingerprint density at radius 1 is 1.27 bits per heavy atom. The molecule has 1 aromatic rings. The number of para-hydroxylation sites is 1. The van der Waals surface area contributed by atoms with Gasteiger partial charge in [0.15, 0.2) is 0 Å². The Kier molecular flexibility index (Phi) is 2.69. The van der Waals surface area contributed by atoms with Gasteiger partial charge >= 0.3 is 0 Å². The van der Waals surface area contributed by atoms with Crippen LogP contribution >= 0.6 is 23.2 Å². The molecule has 5 heteroatoms. The van der Waals surface area contributed by atoms with E-state index in [0.717, 1.165) is 5.69 Å². The summed E-state index contributed by atoms with van der Waals surface area (Å²) in [4.78, 5) is 5.51. The molecule has 0 spiro atoms. The second kappa shape index (κ2) is 3.85. The zero-order valence-electron chi connectivity index (χ0n) is 7.77. The summed E-state index contributed by atoms with van der Waals surface area (Å²) in [5, 5.41) is -0.915. The van der Waals surface area contributed by atoms with Gasteiger partial charge in [-0.2, -0.15) is 0 Å². The molecular formula is C10H9Cl2N3. The first-order valence-electron chi connectivity index (χ1n) is 4.35. The number of allylic oxidation sites excluding steroid dienone is 1. The predicted molar refractivity (Wildman–Crippen MR) is 64.1 cm³/mol. The smallest absolute Gasteiger partial charge is 0.270 e. The van der Waals surface area contributed by atoms with Gasteiger partial charge in [-0.3, -0.25) is 10.6 Å². The summed E-state index contributed by atoms with van der Waals surface area (Å²) < 4.78 is 0. The summed E-state index contributed by atoms with van der Waals surface area (Å²) in [5.74, 6) is 0. The molecular weight excluding hydrogens is 233 g/mol. The maximum Gasteiger partial charge on any atom is 0.270 e. The fraction of sp³-hybridized carbons (Fsp3) is 0.100. The predicted octanol–water partition coefficient (Wildman–Crippen LogP) is 2.47. The zero-order chi connectivity index (χ0) is 10.9. The number of aliphatic imine (C=N–C) groups is 1. The first-order chi connectivity index (χ1) is 7.11. The Bertz CT molecular complexity index is 412. The van der Waals surface area contributed by atoms with Crippen molar-refractivity contribution in [2.75, 3.05) is 4.90 Å². The number of anilines is 1. The van der Waals surface area contributed by atoms with Crippen molar-refractivity contribution < 1.29 is 0 Å². The Balaban J connectivity index is 2.44.